The van der Waals surface area contributed by atoms with Crippen molar-refractivity contribution < 1.29 is 0 Å². The number of halogens is 1. The summed E-state index contributed by atoms with van der Waals surface area (Å²) in [7, 11) is 4.28. The first-order chi connectivity index (χ1) is 4.04. The molecule has 9 heavy (non-hydrogen) atoms. The summed E-state index contributed by atoms with van der Waals surface area (Å²) in [6.45, 7) is 4.68. The zero-order valence-electron chi connectivity index (χ0n) is 6.19. The molecule has 1 fully saturated rings. The van der Waals surface area contributed by atoms with E-state index in [0.29, 0.717) is 5.54 Å². The summed E-state index contributed by atoms with van der Waals surface area (Å²) < 4.78 is 2.30. The normalized spacial score (nSPS) is 26.3. The Balaban J connectivity index is 2.40. The molecule has 0 unspecified atom stereocenters. The maximum absolute atomic E-state index is 2.36. The van der Waals surface area contributed by atoms with E-state index in [1.165, 1.54) is 13.1 Å². The molecule has 0 radical (unpaired) electrons. The lowest BCUT2D eigenvalue weighted by atomic mass is 9.94. The second-order valence-corrected chi connectivity index (χ2v) is 4.53. The van der Waals surface area contributed by atoms with Crippen molar-refractivity contribution in [2.45, 2.75) is 12.5 Å². The number of hydrogen-bond acceptors (Lipinski definition) is 2. The highest BCUT2D eigenvalue weighted by Gasteiger charge is 2.39. The third kappa shape index (κ3) is 1.38. The monoisotopic (exact) mass is 240 g/mol. The summed E-state index contributed by atoms with van der Waals surface area (Å²) in [5.74, 6) is 0. The zero-order chi connectivity index (χ0) is 7.07. The van der Waals surface area contributed by atoms with Crippen LogP contribution < -0.4 is 0 Å². The SMILES string of the molecule is CN(C)C1(C)CN(I)C1. The molecule has 1 aliphatic heterocycles. The molecule has 0 atom stereocenters. The summed E-state index contributed by atoms with van der Waals surface area (Å²) in [4.78, 5) is 2.29. The fourth-order valence-electron chi connectivity index (χ4n) is 0.976. The highest BCUT2D eigenvalue weighted by molar-refractivity contribution is 14.1. The molecule has 2 nitrogen and oxygen atoms in total. The van der Waals surface area contributed by atoms with Gasteiger partial charge in [-0.2, -0.15) is 0 Å². The molecular weight excluding hydrogens is 227 g/mol. The Kier molecular flexibility index (Phi) is 2.03. The Morgan fingerprint density at radius 3 is 2.00 bits per heavy atom. The molecule has 0 saturated carbocycles. The topological polar surface area (TPSA) is 6.48 Å². The van der Waals surface area contributed by atoms with Gasteiger partial charge in [-0.05, 0) is 21.0 Å². The van der Waals surface area contributed by atoms with E-state index in [0.717, 1.165) is 0 Å². The van der Waals surface area contributed by atoms with Gasteiger partial charge < -0.3 is 4.90 Å². The van der Waals surface area contributed by atoms with E-state index < -0.39 is 0 Å². The minimum absolute atomic E-state index is 0.446. The molecule has 0 aromatic carbocycles. The third-order valence-corrected chi connectivity index (χ3v) is 2.79. The van der Waals surface area contributed by atoms with Crippen molar-refractivity contribution >= 4 is 22.9 Å². The van der Waals surface area contributed by atoms with E-state index in [1.807, 2.05) is 0 Å². The summed E-state index contributed by atoms with van der Waals surface area (Å²) >= 11 is 2.36. The van der Waals surface area contributed by atoms with E-state index >= 15 is 0 Å². The largest absolute Gasteiger partial charge is 0.301 e. The summed E-state index contributed by atoms with van der Waals surface area (Å²) in [6.07, 6.45) is 0. The number of rotatable bonds is 1. The van der Waals surface area contributed by atoms with E-state index in [4.69, 9.17) is 0 Å². The molecule has 0 amide bonds. The van der Waals surface area contributed by atoms with Crippen molar-refractivity contribution in [1.82, 2.24) is 8.01 Å². The van der Waals surface area contributed by atoms with Crippen LogP contribution in [0.2, 0.25) is 0 Å². The van der Waals surface area contributed by atoms with Gasteiger partial charge in [0.1, 0.15) is 0 Å². The molecule has 1 heterocycles. The number of nitrogens with zero attached hydrogens (tertiary/aromatic N) is 2. The Labute approximate surface area is 70.7 Å². The molecule has 0 aliphatic carbocycles. The Morgan fingerprint density at radius 1 is 1.44 bits per heavy atom. The molecular formula is C6H13IN2. The van der Waals surface area contributed by atoms with Crippen LogP contribution in [0.1, 0.15) is 6.92 Å². The Hall–Kier alpha value is 0.650. The van der Waals surface area contributed by atoms with E-state index in [1.54, 1.807) is 0 Å². The van der Waals surface area contributed by atoms with Crippen molar-refractivity contribution in [2.75, 3.05) is 27.2 Å². The quantitative estimate of drug-likeness (QED) is 0.497. The maximum Gasteiger partial charge on any atom is 0.0445 e. The standard InChI is InChI=1S/C6H13IN2/c1-6(8(2)3)4-9(7)5-6/h4-5H2,1-3H3. The lowest BCUT2D eigenvalue weighted by Crippen LogP contribution is -2.63. The van der Waals surface area contributed by atoms with Gasteiger partial charge in [0.05, 0.1) is 0 Å². The van der Waals surface area contributed by atoms with E-state index in [2.05, 4.69) is 51.9 Å². The molecule has 1 saturated heterocycles. The highest BCUT2D eigenvalue weighted by atomic mass is 127. The van der Waals surface area contributed by atoms with Crippen molar-refractivity contribution in [3.8, 4) is 0 Å². The first-order valence-electron chi connectivity index (χ1n) is 3.13. The van der Waals surface area contributed by atoms with Crippen LogP contribution in [0.5, 0.6) is 0 Å². The van der Waals surface area contributed by atoms with Crippen molar-refractivity contribution in [3.05, 3.63) is 0 Å². The Bertz CT molecular complexity index is 108. The fourth-order valence-corrected chi connectivity index (χ4v) is 2.45. The van der Waals surface area contributed by atoms with Gasteiger partial charge in [0, 0.05) is 41.5 Å². The van der Waals surface area contributed by atoms with Gasteiger partial charge >= 0.3 is 0 Å². The van der Waals surface area contributed by atoms with Crippen LogP contribution in [0.3, 0.4) is 0 Å². The molecule has 54 valence electrons. The van der Waals surface area contributed by atoms with Gasteiger partial charge in [-0.1, -0.05) is 0 Å². The van der Waals surface area contributed by atoms with Crippen LogP contribution in [0, 0.1) is 0 Å². The highest BCUT2D eigenvalue weighted by Crippen LogP contribution is 2.27. The molecule has 0 aromatic rings. The van der Waals surface area contributed by atoms with Gasteiger partial charge in [0.15, 0.2) is 0 Å². The van der Waals surface area contributed by atoms with Crippen molar-refractivity contribution in [1.29, 1.82) is 0 Å². The average molecular weight is 240 g/mol. The van der Waals surface area contributed by atoms with E-state index in [-0.39, 0.29) is 0 Å². The summed E-state index contributed by atoms with van der Waals surface area (Å²) in [5, 5.41) is 0. The average Bonchev–Trinajstić information content (AvgIpc) is 1.62. The smallest absolute Gasteiger partial charge is 0.0445 e. The van der Waals surface area contributed by atoms with Crippen LogP contribution in [-0.2, 0) is 0 Å². The molecule has 3 heteroatoms. The first kappa shape index (κ1) is 7.75. The van der Waals surface area contributed by atoms with E-state index in [9.17, 15) is 0 Å². The maximum atomic E-state index is 2.36. The van der Waals surface area contributed by atoms with Crippen LogP contribution in [-0.4, -0.2) is 40.7 Å². The minimum atomic E-state index is 0.446. The molecule has 0 aromatic heterocycles. The lowest BCUT2D eigenvalue weighted by molar-refractivity contribution is 0.0567. The van der Waals surface area contributed by atoms with Gasteiger partial charge in [-0.15, -0.1) is 0 Å². The minimum Gasteiger partial charge on any atom is -0.301 e. The molecule has 1 rings (SSSR count). The van der Waals surface area contributed by atoms with Crippen LogP contribution in [0.15, 0.2) is 0 Å². The fraction of sp³-hybridized carbons (Fsp3) is 1.00. The second kappa shape index (κ2) is 2.36. The lowest BCUT2D eigenvalue weighted by Gasteiger charge is -2.49. The second-order valence-electron chi connectivity index (χ2n) is 3.17. The summed E-state index contributed by atoms with van der Waals surface area (Å²) in [6, 6.07) is 0. The van der Waals surface area contributed by atoms with Gasteiger partial charge in [0.25, 0.3) is 0 Å². The van der Waals surface area contributed by atoms with Crippen molar-refractivity contribution in [2.24, 2.45) is 0 Å². The van der Waals surface area contributed by atoms with Crippen LogP contribution >= 0.6 is 22.9 Å². The van der Waals surface area contributed by atoms with Gasteiger partial charge in [0.2, 0.25) is 0 Å². The van der Waals surface area contributed by atoms with Crippen molar-refractivity contribution in [3.63, 3.8) is 0 Å². The molecule has 0 N–H and O–H groups in total. The van der Waals surface area contributed by atoms with Crippen LogP contribution in [0.4, 0.5) is 0 Å². The molecule has 0 bridgehead atoms. The third-order valence-electron chi connectivity index (χ3n) is 2.10. The molecule has 1 aliphatic rings. The summed E-state index contributed by atoms with van der Waals surface area (Å²) in [5.41, 5.74) is 0.446. The van der Waals surface area contributed by atoms with Crippen LogP contribution in [0.25, 0.3) is 0 Å². The first-order valence-corrected chi connectivity index (χ1v) is 4.09. The zero-order valence-corrected chi connectivity index (χ0v) is 8.34. The Morgan fingerprint density at radius 2 is 1.89 bits per heavy atom. The van der Waals surface area contributed by atoms with Gasteiger partial charge in [-0.25, -0.2) is 3.11 Å². The number of hydrogen-bond donors (Lipinski definition) is 0. The predicted octanol–water partition coefficient (Wildman–Crippen LogP) is 0.972. The number of likely N-dealkylation sites (N-methyl/N-ethyl adjacent to an activating group) is 1. The van der Waals surface area contributed by atoms with Gasteiger partial charge in [-0.3, -0.25) is 0 Å². The predicted molar refractivity (Wildman–Crippen MR) is 47.7 cm³/mol. The molecule has 0 spiro atoms.